The van der Waals surface area contributed by atoms with Crippen LogP contribution in [0, 0.1) is 0 Å². The number of thiol groups is 1. The van der Waals surface area contributed by atoms with E-state index in [1.807, 2.05) is 7.05 Å². The predicted molar refractivity (Wildman–Crippen MR) is 52.2 cm³/mol. The highest BCUT2D eigenvalue weighted by molar-refractivity contribution is 7.80. The molecule has 0 spiro atoms. The van der Waals surface area contributed by atoms with Crippen LogP contribution in [-0.4, -0.2) is 22.2 Å². The van der Waals surface area contributed by atoms with Crippen molar-refractivity contribution in [3.05, 3.63) is 5.51 Å². The van der Waals surface area contributed by atoms with Crippen LogP contribution >= 0.6 is 24.0 Å². The van der Waals surface area contributed by atoms with E-state index in [1.54, 1.807) is 5.51 Å². The Morgan fingerprint density at radius 2 is 2.38 bits per heavy atom. The molecule has 1 N–H and O–H groups in total. The molecule has 2 aromatic heterocycles. The number of nitrogens with zero attached hydrogens (tertiary/aromatic N) is 3. The van der Waals surface area contributed by atoms with Gasteiger partial charge in [-0.25, -0.2) is 4.98 Å². The maximum Gasteiger partial charge on any atom is 0.273 e. The second kappa shape index (κ2) is 3.35. The van der Waals surface area contributed by atoms with Gasteiger partial charge in [-0.2, -0.15) is 0 Å². The van der Waals surface area contributed by atoms with E-state index < -0.39 is 0 Å². The standard InChI is InChI=1S/C6H6N4OS2/c1-7-5-3(8-2-13-5)4-9-10-6(12)11-4/h2,7H,1H3,(H,10,12). The third-order valence-electron chi connectivity index (χ3n) is 1.41. The molecule has 5 nitrogen and oxygen atoms in total. The molecule has 0 unspecified atom stereocenters. The number of aromatic nitrogens is 3. The minimum atomic E-state index is 0.241. The van der Waals surface area contributed by atoms with Crippen molar-refractivity contribution < 1.29 is 4.42 Å². The number of nitrogens with one attached hydrogen (secondary N) is 1. The van der Waals surface area contributed by atoms with Gasteiger partial charge in [-0.15, -0.1) is 21.5 Å². The summed E-state index contributed by atoms with van der Waals surface area (Å²) in [5, 5.41) is 11.5. The monoisotopic (exact) mass is 214 g/mol. The van der Waals surface area contributed by atoms with Gasteiger partial charge in [-0.3, -0.25) is 0 Å². The average Bonchev–Trinajstić information content (AvgIpc) is 2.71. The van der Waals surface area contributed by atoms with E-state index in [0.29, 0.717) is 11.6 Å². The molecule has 0 radical (unpaired) electrons. The van der Waals surface area contributed by atoms with Crippen LogP contribution in [-0.2, 0) is 0 Å². The zero-order valence-corrected chi connectivity index (χ0v) is 8.39. The Kier molecular flexibility index (Phi) is 2.19. The Balaban J connectivity index is 2.45. The van der Waals surface area contributed by atoms with Gasteiger partial charge in [-0.05, 0) is 0 Å². The fourth-order valence-electron chi connectivity index (χ4n) is 0.887. The molecule has 68 valence electrons. The molecule has 7 heteroatoms. The van der Waals surface area contributed by atoms with Gasteiger partial charge in [-0.1, -0.05) is 12.6 Å². The lowest BCUT2D eigenvalue weighted by Crippen LogP contribution is -1.87. The van der Waals surface area contributed by atoms with E-state index in [1.165, 1.54) is 11.3 Å². The molecule has 13 heavy (non-hydrogen) atoms. The molecule has 0 amide bonds. The first-order chi connectivity index (χ1) is 6.31. The molecule has 0 bridgehead atoms. The van der Waals surface area contributed by atoms with Crippen LogP contribution in [0.2, 0.25) is 0 Å². The molecular formula is C6H6N4OS2. The second-order valence-corrected chi connectivity index (χ2v) is 3.41. The summed E-state index contributed by atoms with van der Waals surface area (Å²) in [6.45, 7) is 0. The van der Waals surface area contributed by atoms with Gasteiger partial charge < -0.3 is 9.73 Å². The average molecular weight is 214 g/mol. The molecule has 0 saturated heterocycles. The summed E-state index contributed by atoms with van der Waals surface area (Å²) in [7, 11) is 1.81. The molecular weight excluding hydrogens is 208 g/mol. The Morgan fingerprint density at radius 1 is 1.54 bits per heavy atom. The highest BCUT2D eigenvalue weighted by Crippen LogP contribution is 2.29. The first kappa shape index (κ1) is 8.52. The largest absolute Gasteiger partial charge is 0.410 e. The quantitative estimate of drug-likeness (QED) is 0.742. The van der Waals surface area contributed by atoms with E-state index in [9.17, 15) is 0 Å². The maximum atomic E-state index is 5.12. The van der Waals surface area contributed by atoms with E-state index in [0.717, 1.165) is 5.00 Å². The topological polar surface area (TPSA) is 63.8 Å². The lowest BCUT2D eigenvalue weighted by molar-refractivity contribution is 0.467. The first-order valence-electron chi connectivity index (χ1n) is 3.45. The molecule has 0 atom stereocenters. The van der Waals surface area contributed by atoms with Crippen molar-refractivity contribution in [3.63, 3.8) is 0 Å². The van der Waals surface area contributed by atoms with Crippen LogP contribution in [0.25, 0.3) is 11.6 Å². The molecule has 0 saturated carbocycles. The van der Waals surface area contributed by atoms with E-state index in [2.05, 4.69) is 33.1 Å². The van der Waals surface area contributed by atoms with Gasteiger partial charge in [0.15, 0.2) is 5.69 Å². The lowest BCUT2D eigenvalue weighted by Gasteiger charge is -1.94. The molecule has 0 fully saturated rings. The molecule has 0 aliphatic carbocycles. The third-order valence-corrected chi connectivity index (χ3v) is 2.44. The van der Waals surface area contributed by atoms with Gasteiger partial charge in [0.25, 0.3) is 11.1 Å². The fraction of sp³-hybridized carbons (Fsp3) is 0.167. The van der Waals surface area contributed by atoms with E-state index >= 15 is 0 Å². The molecule has 2 rings (SSSR count). The summed E-state index contributed by atoms with van der Waals surface area (Å²) in [6, 6.07) is 0. The van der Waals surface area contributed by atoms with Crippen molar-refractivity contribution in [1.82, 2.24) is 15.2 Å². The van der Waals surface area contributed by atoms with Gasteiger partial charge in [0.1, 0.15) is 5.00 Å². The number of anilines is 1. The summed E-state index contributed by atoms with van der Waals surface area (Å²) in [4.78, 5) is 4.10. The molecule has 2 heterocycles. The van der Waals surface area contributed by atoms with Crippen LogP contribution in [0.3, 0.4) is 0 Å². The molecule has 2 aromatic rings. The Labute approximate surface area is 83.6 Å². The van der Waals surface area contributed by atoms with Crippen molar-refractivity contribution in [2.45, 2.75) is 5.22 Å². The molecule has 0 aliphatic heterocycles. The third kappa shape index (κ3) is 1.52. The highest BCUT2D eigenvalue weighted by Gasteiger charge is 2.13. The SMILES string of the molecule is CNc1scnc1-c1nnc(S)o1. The van der Waals surface area contributed by atoms with Gasteiger partial charge >= 0.3 is 0 Å². The lowest BCUT2D eigenvalue weighted by atomic mass is 10.4. The smallest absolute Gasteiger partial charge is 0.273 e. The number of rotatable bonds is 2. The van der Waals surface area contributed by atoms with Gasteiger partial charge in [0.2, 0.25) is 0 Å². The van der Waals surface area contributed by atoms with Crippen molar-refractivity contribution in [2.75, 3.05) is 12.4 Å². The minimum Gasteiger partial charge on any atom is -0.410 e. The Morgan fingerprint density at radius 3 is 3.00 bits per heavy atom. The fourth-order valence-corrected chi connectivity index (χ4v) is 1.65. The molecule has 0 aliphatic rings. The zero-order chi connectivity index (χ0) is 9.26. The predicted octanol–water partition coefficient (Wildman–Crippen LogP) is 1.52. The summed E-state index contributed by atoms with van der Waals surface area (Å²) >= 11 is 5.39. The minimum absolute atomic E-state index is 0.241. The van der Waals surface area contributed by atoms with E-state index in [-0.39, 0.29) is 5.22 Å². The summed E-state index contributed by atoms with van der Waals surface area (Å²) in [5.41, 5.74) is 2.38. The first-order valence-corrected chi connectivity index (χ1v) is 4.78. The van der Waals surface area contributed by atoms with Crippen LogP contribution in [0.1, 0.15) is 0 Å². The maximum absolute atomic E-state index is 5.12. The summed E-state index contributed by atoms with van der Waals surface area (Å²) < 4.78 is 5.12. The van der Waals surface area contributed by atoms with Crippen molar-refractivity contribution in [3.8, 4) is 11.6 Å². The van der Waals surface area contributed by atoms with Crippen LogP contribution in [0.15, 0.2) is 15.2 Å². The number of hydrogen-bond acceptors (Lipinski definition) is 7. The number of hydrogen-bond donors (Lipinski definition) is 2. The Hall–Kier alpha value is -1.08. The van der Waals surface area contributed by atoms with Crippen LogP contribution < -0.4 is 5.32 Å². The Bertz CT molecular complexity index is 410. The van der Waals surface area contributed by atoms with Crippen LogP contribution in [0.5, 0.6) is 0 Å². The summed E-state index contributed by atoms with van der Waals surface area (Å²) in [5.74, 6) is 0.385. The highest BCUT2D eigenvalue weighted by atomic mass is 32.1. The van der Waals surface area contributed by atoms with Gasteiger partial charge in [0, 0.05) is 7.05 Å². The second-order valence-electron chi connectivity index (χ2n) is 2.17. The zero-order valence-electron chi connectivity index (χ0n) is 6.68. The normalized spacial score (nSPS) is 10.3. The summed E-state index contributed by atoms with van der Waals surface area (Å²) in [6.07, 6.45) is 0. The van der Waals surface area contributed by atoms with Crippen molar-refractivity contribution in [2.24, 2.45) is 0 Å². The van der Waals surface area contributed by atoms with Crippen molar-refractivity contribution >= 4 is 29.0 Å². The van der Waals surface area contributed by atoms with Gasteiger partial charge in [0.05, 0.1) is 5.51 Å². The number of thiazole rings is 1. The molecule has 0 aromatic carbocycles. The van der Waals surface area contributed by atoms with E-state index in [4.69, 9.17) is 4.42 Å². The van der Waals surface area contributed by atoms with Crippen molar-refractivity contribution in [1.29, 1.82) is 0 Å². The van der Waals surface area contributed by atoms with Crippen LogP contribution in [0.4, 0.5) is 5.00 Å².